The van der Waals surface area contributed by atoms with Gasteiger partial charge in [0, 0.05) is 10.4 Å². The fourth-order valence-corrected chi connectivity index (χ4v) is 3.29. The summed E-state index contributed by atoms with van der Waals surface area (Å²) in [5.74, 6) is -0.646. The van der Waals surface area contributed by atoms with Gasteiger partial charge in [-0.3, -0.25) is 4.79 Å². The molecule has 3 rings (SSSR count). The van der Waals surface area contributed by atoms with Crippen molar-refractivity contribution in [3.63, 3.8) is 0 Å². The van der Waals surface area contributed by atoms with Gasteiger partial charge in [-0.25, -0.2) is 9.78 Å². The minimum Gasteiger partial charge on any atom is -0.434 e. The number of nitrogens with one attached hydrogen (secondary N) is 2. The molecule has 1 fully saturated rings. The first-order valence-corrected chi connectivity index (χ1v) is 8.53. The average Bonchev–Trinajstić information content (AvgIpc) is 3.22. The van der Waals surface area contributed by atoms with Crippen LogP contribution in [0.3, 0.4) is 0 Å². The van der Waals surface area contributed by atoms with Crippen LogP contribution in [0.15, 0.2) is 29.6 Å². The SMILES string of the molecule is O=C1NC[C@@H](C(=O)N[C@H](c2ccc(Cl)cc2)c2nc(C(F)(F)F)cs2)O1. The molecule has 1 saturated heterocycles. The predicted molar refractivity (Wildman–Crippen MR) is 86.8 cm³/mol. The molecule has 6 nitrogen and oxygen atoms in total. The third kappa shape index (κ3) is 4.07. The van der Waals surface area contributed by atoms with Crippen LogP contribution in [0.4, 0.5) is 18.0 Å². The summed E-state index contributed by atoms with van der Waals surface area (Å²) in [5, 5.41) is 6.27. The van der Waals surface area contributed by atoms with E-state index in [1.54, 1.807) is 24.3 Å². The number of ether oxygens (including phenoxy) is 1. The van der Waals surface area contributed by atoms with Crippen LogP contribution >= 0.6 is 22.9 Å². The summed E-state index contributed by atoms with van der Waals surface area (Å²) in [7, 11) is 0. The summed E-state index contributed by atoms with van der Waals surface area (Å²) in [4.78, 5) is 27.0. The molecular weight excluding hydrogens is 395 g/mol. The van der Waals surface area contributed by atoms with Crippen molar-refractivity contribution in [2.45, 2.75) is 18.3 Å². The van der Waals surface area contributed by atoms with Crippen LogP contribution in [0, 0.1) is 0 Å². The molecule has 0 unspecified atom stereocenters. The third-order valence-corrected chi connectivity index (χ3v) is 4.68. The number of aromatic nitrogens is 1. The number of alkyl carbamates (subject to hydrolysis) is 1. The highest BCUT2D eigenvalue weighted by molar-refractivity contribution is 7.09. The number of hydrogen-bond donors (Lipinski definition) is 2. The molecule has 0 saturated carbocycles. The third-order valence-electron chi connectivity index (χ3n) is 3.52. The zero-order chi connectivity index (χ0) is 18.9. The van der Waals surface area contributed by atoms with Gasteiger partial charge in [0.2, 0.25) is 0 Å². The van der Waals surface area contributed by atoms with E-state index in [-0.39, 0.29) is 11.6 Å². The lowest BCUT2D eigenvalue weighted by Gasteiger charge is -2.19. The van der Waals surface area contributed by atoms with Crippen molar-refractivity contribution >= 4 is 34.9 Å². The molecule has 11 heteroatoms. The van der Waals surface area contributed by atoms with E-state index in [2.05, 4.69) is 15.6 Å². The van der Waals surface area contributed by atoms with Gasteiger partial charge in [-0.15, -0.1) is 11.3 Å². The minimum absolute atomic E-state index is 0.0241. The van der Waals surface area contributed by atoms with Gasteiger partial charge in [-0.1, -0.05) is 23.7 Å². The van der Waals surface area contributed by atoms with Crippen molar-refractivity contribution in [1.29, 1.82) is 0 Å². The van der Waals surface area contributed by atoms with Crippen LogP contribution in [0.25, 0.3) is 0 Å². The summed E-state index contributed by atoms with van der Waals surface area (Å²) in [5.41, 5.74) is -0.553. The summed E-state index contributed by atoms with van der Waals surface area (Å²) in [6.45, 7) is -0.0241. The van der Waals surface area contributed by atoms with E-state index >= 15 is 0 Å². The van der Waals surface area contributed by atoms with Crippen LogP contribution in [0.2, 0.25) is 5.02 Å². The second-order valence-electron chi connectivity index (χ2n) is 5.34. The number of hydrogen-bond acceptors (Lipinski definition) is 5. The molecule has 0 bridgehead atoms. The number of thiazole rings is 1. The maximum absolute atomic E-state index is 12.8. The number of halogens is 4. The number of nitrogens with zero attached hydrogens (tertiary/aromatic N) is 1. The Morgan fingerprint density at radius 1 is 1.38 bits per heavy atom. The van der Waals surface area contributed by atoms with Gasteiger partial charge in [0.1, 0.15) is 11.0 Å². The minimum atomic E-state index is -4.59. The van der Waals surface area contributed by atoms with Gasteiger partial charge in [-0.05, 0) is 17.7 Å². The standard InChI is InChI=1S/C15H11ClF3N3O3S/c16-8-3-1-7(2-4-8)11(13-21-10(6-26-13)15(17,18)19)22-12(23)9-5-20-14(24)25-9/h1-4,6,9,11H,5H2,(H,20,24)(H,22,23)/t9-,11+/m0/s1. The number of rotatable bonds is 4. The Balaban J connectivity index is 1.89. The van der Waals surface area contributed by atoms with Crippen molar-refractivity contribution in [2.24, 2.45) is 0 Å². The van der Waals surface area contributed by atoms with Gasteiger partial charge >= 0.3 is 12.3 Å². The van der Waals surface area contributed by atoms with Crippen LogP contribution in [0.5, 0.6) is 0 Å². The molecule has 26 heavy (non-hydrogen) atoms. The first-order chi connectivity index (χ1) is 12.2. The summed E-state index contributed by atoms with van der Waals surface area (Å²) < 4.78 is 43.3. The summed E-state index contributed by atoms with van der Waals surface area (Å²) >= 11 is 6.60. The molecule has 2 heterocycles. The Bertz CT molecular complexity index is 826. The maximum Gasteiger partial charge on any atom is 0.434 e. The molecular formula is C15H11ClF3N3O3S. The van der Waals surface area contributed by atoms with Crippen LogP contribution in [-0.4, -0.2) is 29.6 Å². The van der Waals surface area contributed by atoms with Crippen molar-refractivity contribution in [3.8, 4) is 0 Å². The Hall–Kier alpha value is -2.33. The zero-order valence-corrected chi connectivity index (χ0v) is 14.4. The van der Waals surface area contributed by atoms with E-state index in [0.717, 1.165) is 16.7 Å². The van der Waals surface area contributed by atoms with Crippen molar-refractivity contribution in [2.75, 3.05) is 6.54 Å². The smallest absolute Gasteiger partial charge is 0.434 e. The molecule has 2 N–H and O–H groups in total. The lowest BCUT2D eigenvalue weighted by molar-refractivity contribution is -0.140. The number of carbonyl (C=O) groups excluding carboxylic acids is 2. The van der Waals surface area contributed by atoms with Gasteiger partial charge < -0.3 is 15.4 Å². The van der Waals surface area contributed by atoms with Crippen molar-refractivity contribution in [1.82, 2.24) is 15.6 Å². The van der Waals surface area contributed by atoms with Crippen LogP contribution in [-0.2, 0) is 15.7 Å². The van der Waals surface area contributed by atoms with Gasteiger partial charge in [-0.2, -0.15) is 13.2 Å². The molecule has 0 spiro atoms. The maximum atomic E-state index is 12.8. The van der Waals surface area contributed by atoms with Gasteiger partial charge in [0.15, 0.2) is 11.8 Å². The molecule has 2 aromatic rings. The largest absolute Gasteiger partial charge is 0.434 e. The first-order valence-electron chi connectivity index (χ1n) is 7.27. The zero-order valence-electron chi connectivity index (χ0n) is 12.8. The highest BCUT2D eigenvalue weighted by Crippen LogP contribution is 2.33. The summed E-state index contributed by atoms with van der Waals surface area (Å²) in [6, 6.07) is 5.29. The number of benzene rings is 1. The monoisotopic (exact) mass is 405 g/mol. The molecule has 0 aliphatic carbocycles. The van der Waals surface area contributed by atoms with Crippen LogP contribution < -0.4 is 10.6 Å². The lowest BCUT2D eigenvalue weighted by atomic mass is 10.1. The van der Waals surface area contributed by atoms with E-state index in [4.69, 9.17) is 16.3 Å². The van der Waals surface area contributed by atoms with E-state index in [1.807, 2.05) is 0 Å². The van der Waals surface area contributed by atoms with Crippen molar-refractivity contribution < 1.29 is 27.5 Å². The lowest BCUT2D eigenvalue weighted by Crippen LogP contribution is -2.39. The number of cyclic esters (lactones) is 1. The molecule has 2 amide bonds. The normalized spacial score (nSPS) is 18.2. The Morgan fingerprint density at radius 2 is 2.08 bits per heavy atom. The highest BCUT2D eigenvalue weighted by atomic mass is 35.5. The van der Waals surface area contributed by atoms with E-state index in [1.165, 1.54) is 0 Å². The molecule has 2 atom stereocenters. The molecule has 1 aromatic heterocycles. The predicted octanol–water partition coefficient (Wildman–Crippen LogP) is 3.13. The fourth-order valence-electron chi connectivity index (χ4n) is 2.26. The Labute approximate surface area is 154 Å². The number of alkyl halides is 3. The second-order valence-corrected chi connectivity index (χ2v) is 6.66. The molecule has 1 aromatic carbocycles. The van der Waals surface area contributed by atoms with E-state index in [0.29, 0.717) is 10.6 Å². The van der Waals surface area contributed by atoms with Gasteiger partial charge in [0.05, 0.1) is 6.54 Å². The molecule has 1 aliphatic heterocycles. The molecule has 1 aliphatic rings. The number of carbonyl (C=O) groups is 2. The Kier molecular flexibility index (Phi) is 5.05. The Morgan fingerprint density at radius 3 is 2.62 bits per heavy atom. The van der Waals surface area contributed by atoms with Crippen LogP contribution in [0.1, 0.15) is 22.3 Å². The summed E-state index contributed by atoms with van der Waals surface area (Å²) in [6.07, 6.45) is -6.39. The van der Waals surface area contributed by atoms with Crippen molar-refractivity contribution in [3.05, 3.63) is 50.9 Å². The van der Waals surface area contributed by atoms with E-state index < -0.39 is 36.0 Å². The fraction of sp³-hybridized carbons (Fsp3) is 0.267. The van der Waals surface area contributed by atoms with Gasteiger partial charge in [0.25, 0.3) is 5.91 Å². The van der Waals surface area contributed by atoms with E-state index in [9.17, 15) is 22.8 Å². The molecule has 0 radical (unpaired) electrons. The topological polar surface area (TPSA) is 80.3 Å². The molecule has 138 valence electrons. The quantitative estimate of drug-likeness (QED) is 0.819. The number of amides is 2. The first kappa shape index (κ1) is 18.5. The highest BCUT2D eigenvalue weighted by Gasteiger charge is 2.36. The average molecular weight is 406 g/mol. The second kappa shape index (κ2) is 7.12.